The van der Waals surface area contributed by atoms with Gasteiger partial charge < -0.3 is 5.11 Å². The zero-order chi connectivity index (χ0) is 10.9. The SMILES string of the molecule is CN=Nc1c(C)c(C)c(O)n(C)c1=O. The Hall–Kier alpha value is -1.65. The van der Waals surface area contributed by atoms with Gasteiger partial charge in [-0.2, -0.15) is 10.2 Å². The van der Waals surface area contributed by atoms with Gasteiger partial charge in [-0.15, -0.1) is 0 Å². The molecule has 0 bridgehead atoms. The lowest BCUT2D eigenvalue weighted by Crippen LogP contribution is -2.18. The average molecular weight is 195 g/mol. The predicted molar refractivity (Wildman–Crippen MR) is 53.3 cm³/mol. The van der Waals surface area contributed by atoms with Crippen LogP contribution < -0.4 is 5.56 Å². The third-order valence-electron chi connectivity index (χ3n) is 2.28. The van der Waals surface area contributed by atoms with Crippen LogP contribution in [0.3, 0.4) is 0 Å². The molecule has 5 heteroatoms. The summed E-state index contributed by atoms with van der Waals surface area (Å²) in [5.74, 6) is -0.0254. The molecule has 1 N–H and O–H groups in total. The van der Waals surface area contributed by atoms with Crippen molar-refractivity contribution in [1.29, 1.82) is 0 Å². The summed E-state index contributed by atoms with van der Waals surface area (Å²) in [6.07, 6.45) is 0. The first-order valence-electron chi connectivity index (χ1n) is 4.19. The van der Waals surface area contributed by atoms with Gasteiger partial charge in [-0.1, -0.05) is 0 Å². The topological polar surface area (TPSA) is 67.0 Å². The normalized spacial score (nSPS) is 11.1. The summed E-state index contributed by atoms with van der Waals surface area (Å²) in [5, 5.41) is 16.9. The zero-order valence-electron chi connectivity index (χ0n) is 8.70. The first kappa shape index (κ1) is 10.4. The van der Waals surface area contributed by atoms with E-state index in [0.29, 0.717) is 11.1 Å². The maximum absolute atomic E-state index is 11.6. The summed E-state index contributed by atoms with van der Waals surface area (Å²) in [6, 6.07) is 0. The van der Waals surface area contributed by atoms with Gasteiger partial charge in [0.15, 0.2) is 11.6 Å². The lowest BCUT2D eigenvalue weighted by molar-refractivity contribution is 0.418. The number of pyridine rings is 1. The molecule has 0 amide bonds. The first-order chi connectivity index (χ1) is 6.50. The number of azo groups is 1. The molecule has 0 aliphatic rings. The third-order valence-corrected chi connectivity index (χ3v) is 2.28. The summed E-state index contributed by atoms with van der Waals surface area (Å²) < 4.78 is 1.16. The van der Waals surface area contributed by atoms with E-state index in [2.05, 4.69) is 10.2 Å². The third kappa shape index (κ3) is 1.41. The van der Waals surface area contributed by atoms with Gasteiger partial charge in [-0.05, 0) is 19.4 Å². The van der Waals surface area contributed by atoms with Crippen LogP contribution >= 0.6 is 0 Å². The van der Waals surface area contributed by atoms with Gasteiger partial charge >= 0.3 is 0 Å². The molecule has 0 radical (unpaired) electrons. The molecule has 76 valence electrons. The smallest absolute Gasteiger partial charge is 0.281 e. The lowest BCUT2D eigenvalue weighted by atomic mass is 10.1. The Morgan fingerprint density at radius 2 is 1.86 bits per heavy atom. The monoisotopic (exact) mass is 195 g/mol. The van der Waals surface area contributed by atoms with Gasteiger partial charge in [-0.25, -0.2) is 0 Å². The molecule has 0 aliphatic carbocycles. The Labute approximate surface area is 81.7 Å². The molecule has 14 heavy (non-hydrogen) atoms. The van der Waals surface area contributed by atoms with E-state index in [-0.39, 0.29) is 17.1 Å². The van der Waals surface area contributed by atoms with E-state index in [4.69, 9.17) is 0 Å². The molecule has 1 heterocycles. The second kappa shape index (κ2) is 3.61. The number of nitrogens with zero attached hydrogens (tertiary/aromatic N) is 3. The van der Waals surface area contributed by atoms with Crippen molar-refractivity contribution < 1.29 is 5.11 Å². The quantitative estimate of drug-likeness (QED) is 0.688. The summed E-state index contributed by atoms with van der Waals surface area (Å²) in [4.78, 5) is 11.6. The van der Waals surface area contributed by atoms with Gasteiger partial charge in [0.2, 0.25) is 0 Å². The molecule has 0 aliphatic heterocycles. The van der Waals surface area contributed by atoms with E-state index in [9.17, 15) is 9.90 Å². The van der Waals surface area contributed by atoms with Crippen molar-refractivity contribution in [3.8, 4) is 5.88 Å². The van der Waals surface area contributed by atoms with Crippen LogP contribution in [0.4, 0.5) is 5.69 Å². The molecule has 0 saturated heterocycles. The summed E-state index contributed by atoms with van der Waals surface area (Å²) in [7, 11) is 3.00. The minimum Gasteiger partial charge on any atom is -0.494 e. The van der Waals surface area contributed by atoms with Crippen LogP contribution in [0.1, 0.15) is 11.1 Å². The first-order valence-corrected chi connectivity index (χ1v) is 4.19. The highest BCUT2D eigenvalue weighted by Gasteiger charge is 2.13. The highest BCUT2D eigenvalue weighted by molar-refractivity contribution is 5.50. The average Bonchev–Trinajstić information content (AvgIpc) is 2.19. The molecule has 1 aromatic rings. The van der Waals surface area contributed by atoms with Crippen molar-refractivity contribution in [3.05, 3.63) is 21.5 Å². The Balaban J connectivity index is 3.68. The Bertz CT molecular complexity index is 446. The number of hydrogen-bond donors (Lipinski definition) is 1. The summed E-state index contributed by atoms with van der Waals surface area (Å²) in [6.45, 7) is 3.47. The second-order valence-electron chi connectivity index (χ2n) is 3.09. The van der Waals surface area contributed by atoms with Crippen molar-refractivity contribution in [2.24, 2.45) is 17.3 Å². The van der Waals surface area contributed by atoms with E-state index >= 15 is 0 Å². The lowest BCUT2D eigenvalue weighted by Gasteiger charge is -2.09. The van der Waals surface area contributed by atoms with Crippen LogP contribution in [-0.2, 0) is 7.05 Å². The Morgan fingerprint density at radius 3 is 2.36 bits per heavy atom. The van der Waals surface area contributed by atoms with Crippen LogP contribution in [0.2, 0.25) is 0 Å². The zero-order valence-corrected chi connectivity index (χ0v) is 8.70. The minimum atomic E-state index is -0.337. The fourth-order valence-corrected chi connectivity index (χ4v) is 1.23. The van der Waals surface area contributed by atoms with Crippen LogP contribution in [-0.4, -0.2) is 16.7 Å². The Morgan fingerprint density at radius 1 is 1.29 bits per heavy atom. The molecule has 1 aromatic heterocycles. The highest BCUT2D eigenvalue weighted by atomic mass is 16.3. The van der Waals surface area contributed by atoms with Crippen LogP contribution in [0.25, 0.3) is 0 Å². The summed E-state index contributed by atoms with van der Waals surface area (Å²) in [5.41, 5.74) is 1.26. The molecule has 1 rings (SSSR count). The second-order valence-corrected chi connectivity index (χ2v) is 3.09. The standard InChI is InChI=1S/C9H13N3O2/c1-5-6(2)8(13)12(4)9(14)7(5)11-10-3/h13H,1-4H3. The highest BCUT2D eigenvalue weighted by Crippen LogP contribution is 2.23. The van der Waals surface area contributed by atoms with Crippen LogP contribution in [0, 0.1) is 13.8 Å². The van der Waals surface area contributed by atoms with Crippen molar-refractivity contribution in [2.45, 2.75) is 13.8 Å². The van der Waals surface area contributed by atoms with E-state index in [0.717, 1.165) is 4.57 Å². The number of hydrogen-bond acceptors (Lipinski definition) is 4. The van der Waals surface area contributed by atoms with Crippen molar-refractivity contribution in [3.63, 3.8) is 0 Å². The maximum atomic E-state index is 11.6. The molecule has 5 nitrogen and oxygen atoms in total. The molecule has 0 saturated carbocycles. The molecular weight excluding hydrogens is 182 g/mol. The van der Waals surface area contributed by atoms with Gasteiger partial charge in [0.1, 0.15) is 0 Å². The van der Waals surface area contributed by atoms with Crippen LogP contribution in [0.5, 0.6) is 5.88 Å². The summed E-state index contributed by atoms with van der Waals surface area (Å²) >= 11 is 0. The molecular formula is C9H13N3O2. The predicted octanol–water partition coefficient (Wildman–Crippen LogP) is 1.42. The van der Waals surface area contributed by atoms with Gasteiger partial charge in [0.05, 0.1) is 0 Å². The van der Waals surface area contributed by atoms with E-state index in [1.165, 1.54) is 14.1 Å². The number of aromatic nitrogens is 1. The molecule has 0 fully saturated rings. The van der Waals surface area contributed by atoms with E-state index in [1.54, 1.807) is 13.8 Å². The van der Waals surface area contributed by atoms with E-state index < -0.39 is 0 Å². The minimum absolute atomic E-state index is 0.0254. The fourth-order valence-electron chi connectivity index (χ4n) is 1.23. The molecule has 0 spiro atoms. The Kier molecular flexibility index (Phi) is 2.69. The van der Waals surface area contributed by atoms with Gasteiger partial charge in [-0.3, -0.25) is 9.36 Å². The molecule has 0 unspecified atom stereocenters. The number of aromatic hydroxyl groups is 1. The van der Waals surface area contributed by atoms with Crippen molar-refractivity contribution in [2.75, 3.05) is 7.05 Å². The van der Waals surface area contributed by atoms with Gasteiger partial charge in [0, 0.05) is 19.7 Å². The van der Waals surface area contributed by atoms with Crippen molar-refractivity contribution in [1.82, 2.24) is 4.57 Å². The maximum Gasteiger partial charge on any atom is 0.281 e. The van der Waals surface area contributed by atoms with Gasteiger partial charge in [0.25, 0.3) is 5.56 Å². The largest absolute Gasteiger partial charge is 0.494 e. The van der Waals surface area contributed by atoms with E-state index in [1.807, 2.05) is 0 Å². The van der Waals surface area contributed by atoms with Crippen molar-refractivity contribution >= 4 is 5.69 Å². The number of rotatable bonds is 1. The fraction of sp³-hybridized carbons (Fsp3) is 0.444. The molecule has 0 aromatic carbocycles. The molecule has 0 atom stereocenters. The van der Waals surface area contributed by atoms with Crippen LogP contribution in [0.15, 0.2) is 15.0 Å².